The molecule has 2 aromatic rings. The highest BCUT2D eigenvalue weighted by Gasteiger charge is 2.50. The quantitative estimate of drug-likeness (QED) is 0.851. The minimum absolute atomic E-state index is 0.266. The molecule has 3 heterocycles. The lowest BCUT2D eigenvalue weighted by molar-refractivity contribution is -0.189. The van der Waals surface area contributed by atoms with Gasteiger partial charge in [0.2, 0.25) is 0 Å². The second kappa shape index (κ2) is 5.60. The van der Waals surface area contributed by atoms with Gasteiger partial charge in [-0.15, -0.1) is 0 Å². The first kappa shape index (κ1) is 15.4. The second-order valence-electron chi connectivity index (χ2n) is 5.43. The number of halogens is 3. The molecule has 0 spiro atoms. The standard InChI is InChI=1S/C15H14F3N3O2/c16-15(17,18)14(23)21-12(10-2-1-7-19-10)5-6-13(21)11-4-3-9(8-22)20-11/h1-4,7-8,12-13,19-20H,5-6H2/t12-,13+/m0/s1. The number of aromatic amines is 2. The summed E-state index contributed by atoms with van der Waals surface area (Å²) >= 11 is 0. The largest absolute Gasteiger partial charge is 0.471 e. The molecule has 1 saturated heterocycles. The van der Waals surface area contributed by atoms with Crippen molar-refractivity contribution in [3.05, 3.63) is 47.5 Å². The monoisotopic (exact) mass is 325 g/mol. The summed E-state index contributed by atoms with van der Waals surface area (Å²) in [5.74, 6) is -1.87. The first-order valence-corrected chi connectivity index (χ1v) is 7.08. The molecule has 0 saturated carbocycles. The minimum Gasteiger partial charge on any atom is -0.363 e. The molecular formula is C15H14F3N3O2. The van der Waals surface area contributed by atoms with Crippen molar-refractivity contribution in [3.8, 4) is 0 Å². The molecule has 0 radical (unpaired) electrons. The highest BCUT2D eigenvalue weighted by atomic mass is 19.4. The molecule has 1 fully saturated rings. The third kappa shape index (κ3) is 2.76. The molecule has 1 aliphatic heterocycles. The number of aromatic nitrogens is 2. The van der Waals surface area contributed by atoms with Gasteiger partial charge in [-0.25, -0.2) is 0 Å². The van der Waals surface area contributed by atoms with Crippen LogP contribution in [-0.2, 0) is 4.79 Å². The van der Waals surface area contributed by atoms with Crippen LogP contribution in [-0.4, -0.2) is 33.2 Å². The summed E-state index contributed by atoms with van der Waals surface area (Å²) in [4.78, 5) is 29.2. The van der Waals surface area contributed by atoms with E-state index in [4.69, 9.17) is 0 Å². The third-order valence-electron chi connectivity index (χ3n) is 4.06. The lowest BCUT2D eigenvalue weighted by atomic mass is 10.1. The fourth-order valence-corrected chi connectivity index (χ4v) is 3.10. The minimum atomic E-state index is -4.95. The van der Waals surface area contributed by atoms with Crippen LogP contribution in [0, 0.1) is 0 Å². The van der Waals surface area contributed by atoms with Gasteiger partial charge in [0.25, 0.3) is 0 Å². The Kier molecular flexibility index (Phi) is 3.75. The summed E-state index contributed by atoms with van der Waals surface area (Å²) in [6, 6.07) is 4.95. The molecular weight excluding hydrogens is 311 g/mol. The van der Waals surface area contributed by atoms with Gasteiger partial charge in [0.1, 0.15) is 0 Å². The van der Waals surface area contributed by atoms with Crippen molar-refractivity contribution in [2.45, 2.75) is 31.1 Å². The van der Waals surface area contributed by atoms with Crippen LogP contribution in [0.25, 0.3) is 0 Å². The number of carbonyl (C=O) groups is 2. The Morgan fingerprint density at radius 1 is 1.17 bits per heavy atom. The number of rotatable bonds is 3. The van der Waals surface area contributed by atoms with Crippen LogP contribution in [0.3, 0.4) is 0 Å². The normalized spacial score (nSPS) is 21.6. The fourth-order valence-electron chi connectivity index (χ4n) is 3.10. The van der Waals surface area contributed by atoms with Gasteiger partial charge >= 0.3 is 12.1 Å². The van der Waals surface area contributed by atoms with E-state index in [-0.39, 0.29) is 5.69 Å². The molecule has 2 atom stereocenters. The Morgan fingerprint density at radius 2 is 1.87 bits per heavy atom. The lowest BCUT2D eigenvalue weighted by Gasteiger charge is -2.30. The average Bonchev–Trinajstić information content (AvgIpc) is 3.23. The SMILES string of the molecule is O=Cc1ccc([C@H]2CC[C@@H](c3ccc[nH]3)N2C(=O)C(F)(F)F)[nH]1. The topological polar surface area (TPSA) is 69.0 Å². The van der Waals surface area contributed by atoms with Crippen LogP contribution in [0.4, 0.5) is 13.2 Å². The first-order valence-electron chi connectivity index (χ1n) is 7.08. The molecule has 2 N–H and O–H groups in total. The molecule has 0 unspecified atom stereocenters. The number of alkyl halides is 3. The Balaban J connectivity index is 1.98. The molecule has 3 rings (SSSR count). The van der Waals surface area contributed by atoms with Crippen LogP contribution in [0.2, 0.25) is 0 Å². The molecule has 1 aliphatic rings. The van der Waals surface area contributed by atoms with Crippen molar-refractivity contribution in [3.63, 3.8) is 0 Å². The number of aldehydes is 1. The van der Waals surface area contributed by atoms with Crippen LogP contribution in [0.5, 0.6) is 0 Å². The molecule has 2 aromatic heterocycles. The number of H-pyrrole nitrogens is 2. The van der Waals surface area contributed by atoms with E-state index in [1.165, 1.54) is 6.07 Å². The summed E-state index contributed by atoms with van der Waals surface area (Å²) in [6.45, 7) is 0. The van der Waals surface area contributed by atoms with Crippen LogP contribution in [0.15, 0.2) is 30.5 Å². The molecule has 0 aromatic carbocycles. The number of hydrogen-bond donors (Lipinski definition) is 2. The Labute approximate surface area is 129 Å². The maximum Gasteiger partial charge on any atom is 0.471 e. The number of amides is 1. The van der Waals surface area contributed by atoms with E-state index in [0.29, 0.717) is 30.5 Å². The first-order chi connectivity index (χ1) is 10.9. The van der Waals surface area contributed by atoms with E-state index < -0.39 is 24.2 Å². The zero-order valence-electron chi connectivity index (χ0n) is 11.9. The van der Waals surface area contributed by atoms with Gasteiger partial charge in [-0.3, -0.25) is 9.59 Å². The molecule has 23 heavy (non-hydrogen) atoms. The summed E-state index contributed by atoms with van der Waals surface area (Å²) < 4.78 is 39.0. The van der Waals surface area contributed by atoms with Gasteiger partial charge in [0.05, 0.1) is 17.8 Å². The van der Waals surface area contributed by atoms with Gasteiger partial charge in [0.15, 0.2) is 6.29 Å². The van der Waals surface area contributed by atoms with Crippen molar-refractivity contribution in [1.82, 2.24) is 14.9 Å². The average molecular weight is 325 g/mol. The van der Waals surface area contributed by atoms with Crippen LogP contribution < -0.4 is 0 Å². The Bertz CT molecular complexity index is 706. The molecule has 5 nitrogen and oxygen atoms in total. The zero-order chi connectivity index (χ0) is 16.6. The summed E-state index contributed by atoms with van der Waals surface area (Å²) in [5, 5.41) is 0. The van der Waals surface area contributed by atoms with Crippen molar-refractivity contribution in [2.75, 3.05) is 0 Å². The predicted octanol–water partition coefficient (Wildman–Crippen LogP) is 3.12. The van der Waals surface area contributed by atoms with E-state index in [2.05, 4.69) is 9.97 Å². The van der Waals surface area contributed by atoms with Crippen molar-refractivity contribution < 1.29 is 22.8 Å². The summed E-state index contributed by atoms with van der Waals surface area (Å²) in [6.07, 6.45) is -1.98. The van der Waals surface area contributed by atoms with E-state index in [9.17, 15) is 22.8 Å². The highest BCUT2D eigenvalue weighted by Crippen LogP contribution is 2.45. The number of carbonyl (C=O) groups excluding carboxylic acids is 2. The lowest BCUT2D eigenvalue weighted by Crippen LogP contribution is -2.42. The zero-order valence-corrected chi connectivity index (χ0v) is 11.9. The van der Waals surface area contributed by atoms with E-state index in [1.54, 1.807) is 24.4 Å². The third-order valence-corrected chi connectivity index (χ3v) is 4.06. The van der Waals surface area contributed by atoms with Gasteiger partial charge < -0.3 is 14.9 Å². The fraction of sp³-hybridized carbons (Fsp3) is 0.333. The summed E-state index contributed by atoms with van der Waals surface area (Å²) in [5.41, 5.74) is 1.26. The Morgan fingerprint density at radius 3 is 2.39 bits per heavy atom. The van der Waals surface area contributed by atoms with Crippen molar-refractivity contribution in [1.29, 1.82) is 0 Å². The Hall–Kier alpha value is -2.51. The summed E-state index contributed by atoms with van der Waals surface area (Å²) in [7, 11) is 0. The number of nitrogens with zero attached hydrogens (tertiary/aromatic N) is 1. The van der Waals surface area contributed by atoms with Gasteiger partial charge in [-0.2, -0.15) is 13.2 Å². The smallest absolute Gasteiger partial charge is 0.363 e. The number of hydrogen-bond acceptors (Lipinski definition) is 2. The van der Waals surface area contributed by atoms with E-state index >= 15 is 0 Å². The second-order valence-corrected chi connectivity index (χ2v) is 5.43. The maximum atomic E-state index is 13.0. The molecule has 0 aliphatic carbocycles. The van der Waals surface area contributed by atoms with E-state index in [1.807, 2.05) is 0 Å². The molecule has 0 bridgehead atoms. The number of likely N-dealkylation sites (tertiary alicyclic amines) is 1. The van der Waals surface area contributed by atoms with Crippen LogP contribution in [0.1, 0.15) is 46.8 Å². The predicted molar refractivity (Wildman–Crippen MR) is 74.6 cm³/mol. The van der Waals surface area contributed by atoms with Crippen molar-refractivity contribution in [2.24, 2.45) is 0 Å². The maximum absolute atomic E-state index is 13.0. The highest BCUT2D eigenvalue weighted by molar-refractivity contribution is 5.83. The van der Waals surface area contributed by atoms with Gasteiger partial charge in [-0.05, 0) is 37.1 Å². The van der Waals surface area contributed by atoms with Gasteiger partial charge in [-0.1, -0.05) is 0 Å². The molecule has 8 heteroatoms. The van der Waals surface area contributed by atoms with Gasteiger partial charge in [0, 0.05) is 17.6 Å². The molecule has 1 amide bonds. The van der Waals surface area contributed by atoms with E-state index in [0.717, 1.165) is 4.90 Å². The van der Waals surface area contributed by atoms with Crippen LogP contribution >= 0.6 is 0 Å². The number of nitrogens with one attached hydrogen (secondary N) is 2. The van der Waals surface area contributed by atoms with Crippen molar-refractivity contribution >= 4 is 12.2 Å². The molecule has 122 valence electrons.